The fraction of sp³-hybridized carbons (Fsp3) is 0.300. The Labute approximate surface area is 155 Å². The van der Waals surface area contributed by atoms with E-state index in [4.69, 9.17) is 9.26 Å². The highest BCUT2D eigenvalue weighted by Crippen LogP contribution is 2.38. The summed E-state index contributed by atoms with van der Waals surface area (Å²) >= 11 is 0. The Morgan fingerprint density at radius 1 is 1.15 bits per heavy atom. The number of rotatable bonds is 4. The maximum Gasteiger partial charge on any atom is 0.258 e. The predicted molar refractivity (Wildman–Crippen MR) is 95.8 cm³/mol. The van der Waals surface area contributed by atoms with E-state index in [9.17, 15) is 9.18 Å². The number of ether oxygens (including phenoxy) is 1. The molecule has 3 heterocycles. The predicted octanol–water partition coefficient (Wildman–Crippen LogP) is 4.46. The van der Waals surface area contributed by atoms with E-state index in [1.165, 1.54) is 12.3 Å². The first kappa shape index (κ1) is 17.3. The molecule has 1 aliphatic rings. The second-order valence-corrected chi connectivity index (χ2v) is 6.59. The monoisotopic (exact) mass is 367 g/mol. The van der Waals surface area contributed by atoms with Gasteiger partial charge >= 0.3 is 0 Å². The SMILES string of the molecule is CCC1(CC)CC(=O)c2cc(-c3nc(-c4ccnc(F)c4)no3)ccc2O1. The third-order valence-corrected chi connectivity index (χ3v) is 5.04. The van der Waals surface area contributed by atoms with Gasteiger partial charge < -0.3 is 9.26 Å². The molecule has 1 aliphatic heterocycles. The zero-order chi connectivity index (χ0) is 19.0. The number of ketones is 1. The number of nitrogens with zero attached hydrogens (tertiary/aromatic N) is 3. The zero-order valence-electron chi connectivity index (χ0n) is 15.0. The van der Waals surface area contributed by atoms with Gasteiger partial charge in [0.25, 0.3) is 5.89 Å². The van der Waals surface area contributed by atoms with Crippen LogP contribution >= 0.6 is 0 Å². The van der Waals surface area contributed by atoms with Crippen molar-refractivity contribution in [2.24, 2.45) is 0 Å². The van der Waals surface area contributed by atoms with Crippen molar-refractivity contribution in [2.75, 3.05) is 0 Å². The highest BCUT2D eigenvalue weighted by molar-refractivity contribution is 6.01. The van der Waals surface area contributed by atoms with Crippen molar-refractivity contribution in [2.45, 2.75) is 38.7 Å². The van der Waals surface area contributed by atoms with Crippen LogP contribution in [0.1, 0.15) is 43.5 Å². The maximum absolute atomic E-state index is 13.3. The van der Waals surface area contributed by atoms with Crippen LogP contribution in [0, 0.1) is 5.95 Å². The molecule has 0 aliphatic carbocycles. The lowest BCUT2D eigenvalue weighted by atomic mass is 9.85. The third kappa shape index (κ3) is 3.09. The molecule has 27 heavy (non-hydrogen) atoms. The molecule has 0 unspecified atom stereocenters. The molecule has 0 radical (unpaired) electrons. The van der Waals surface area contributed by atoms with Gasteiger partial charge in [-0.3, -0.25) is 4.79 Å². The molecule has 0 N–H and O–H groups in total. The van der Waals surface area contributed by atoms with Crippen LogP contribution in [-0.4, -0.2) is 26.5 Å². The van der Waals surface area contributed by atoms with Gasteiger partial charge in [0.1, 0.15) is 11.4 Å². The Bertz CT molecular complexity index is 1010. The summed E-state index contributed by atoms with van der Waals surface area (Å²) in [6, 6.07) is 8.07. The van der Waals surface area contributed by atoms with Crippen molar-refractivity contribution in [3.63, 3.8) is 0 Å². The van der Waals surface area contributed by atoms with Crippen LogP contribution in [0.25, 0.3) is 22.8 Å². The quantitative estimate of drug-likeness (QED) is 0.634. The number of benzene rings is 1. The number of fused-ring (bicyclic) bond motifs is 1. The van der Waals surface area contributed by atoms with Gasteiger partial charge in [-0.2, -0.15) is 9.37 Å². The smallest absolute Gasteiger partial charge is 0.258 e. The molecule has 7 heteroatoms. The molecule has 6 nitrogen and oxygen atoms in total. The summed E-state index contributed by atoms with van der Waals surface area (Å²) in [7, 11) is 0. The zero-order valence-corrected chi connectivity index (χ0v) is 15.0. The van der Waals surface area contributed by atoms with Crippen LogP contribution in [0.5, 0.6) is 5.75 Å². The highest BCUT2D eigenvalue weighted by atomic mass is 19.1. The minimum Gasteiger partial charge on any atom is -0.486 e. The van der Waals surface area contributed by atoms with E-state index >= 15 is 0 Å². The second kappa shape index (κ2) is 6.57. The number of carbonyl (C=O) groups excluding carboxylic acids is 1. The molecule has 3 aromatic rings. The van der Waals surface area contributed by atoms with Gasteiger partial charge in [0.05, 0.1) is 12.0 Å². The van der Waals surface area contributed by atoms with Crippen molar-refractivity contribution in [3.05, 3.63) is 48.0 Å². The number of pyridine rings is 1. The van der Waals surface area contributed by atoms with Crippen LogP contribution in [0.4, 0.5) is 4.39 Å². The molecule has 0 atom stereocenters. The fourth-order valence-corrected chi connectivity index (χ4v) is 3.27. The molecule has 0 fully saturated rings. The molecular formula is C20H18FN3O3. The van der Waals surface area contributed by atoms with Gasteiger partial charge in [0.2, 0.25) is 11.8 Å². The van der Waals surface area contributed by atoms with Crippen LogP contribution in [0.2, 0.25) is 0 Å². The molecule has 1 aromatic carbocycles. The summed E-state index contributed by atoms with van der Waals surface area (Å²) in [5.41, 5.74) is 1.15. The molecule has 2 aromatic heterocycles. The van der Waals surface area contributed by atoms with Gasteiger partial charge in [0, 0.05) is 23.4 Å². The number of hydrogen-bond acceptors (Lipinski definition) is 6. The highest BCUT2D eigenvalue weighted by Gasteiger charge is 2.37. The van der Waals surface area contributed by atoms with Crippen molar-refractivity contribution < 1.29 is 18.4 Å². The summed E-state index contributed by atoms with van der Waals surface area (Å²) in [5.74, 6) is 0.501. The Morgan fingerprint density at radius 3 is 2.70 bits per heavy atom. The van der Waals surface area contributed by atoms with E-state index < -0.39 is 11.5 Å². The van der Waals surface area contributed by atoms with Crippen molar-refractivity contribution >= 4 is 5.78 Å². The first-order valence-corrected chi connectivity index (χ1v) is 8.86. The minimum atomic E-state index is -0.620. The molecule has 0 bridgehead atoms. The lowest BCUT2D eigenvalue weighted by Gasteiger charge is -2.36. The van der Waals surface area contributed by atoms with Gasteiger partial charge in [-0.1, -0.05) is 19.0 Å². The first-order valence-electron chi connectivity index (χ1n) is 8.86. The number of halogens is 1. The van der Waals surface area contributed by atoms with Crippen LogP contribution in [0.3, 0.4) is 0 Å². The van der Waals surface area contributed by atoms with E-state index in [-0.39, 0.29) is 17.5 Å². The Hall–Kier alpha value is -3.09. The van der Waals surface area contributed by atoms with Gasteiger partial charge in [0.15, 0.2) is 5.78 Å². The van der Waals surface area contributed by atoms with Crippen LogP contribution in [0.15, 0.2) is 41.1 Å². The minimum absolute atomic E-state index is 0.0396. The lowest BCUT2D eigenvalue weighted by Crippen LogP contribution is -2.40. The first-order chi connectivity index (χ1) is 13.0. The lowest BCUT2D eigenvalue weighted by molar-refractivity contribution is 0.0350. The van der Waals surface area contributed by atoms with E-state index in [2.05, 4.69) is 15.1 Å². The normalized spacial score (nSPS) is 15.3. The number of aromatic nitrogens is 3. The van der Waals surface area contributed by atoms with Crippen molar-refractivity contribution in [1.82, 2.24) is 15.1 Å². The number of hydrogen-bond donors (Lipinski definition) is 0. The topological polar surface area (TPSA) is 78.1 Å². The summed E-state index contributed by atoms with van der Waals surface area (Å²) < 4.78 is 24.7. The van der Waals surface area contributed by atoms with Crippen molar-refractivity contribution in [1.29, 1.82) is 0 Å². The Balaban J connectivity index is 1.68. The van der Waals surface area contributed by atoms with Crippen LogP contribution < -0.4 is 4.74 Å². The van der Waals surface area contributed by atoms with E-state index in [0.29, 0.717) is 28.9 Å². The largest absolute Gasteiger partial charge is 0.486 e. The average Bonchev–Trinajstić information content (AvgIpc) is 3.18. The summed E-state index contributed by atoms with van der Waals surface area (Å²) in [6.45, 7) is 4.05. The molecular weight excluding hydrogens is 349 g/mol. The summed E-state index contributed by atoms with van der Waals surface area (Å²) in [4.78, 5) is 20.5. The van der Waals surface area contributed by atoms with Crippen molar-refractivity contribution in [3.8, 4) is 28.6 Å². The molecule has 138 valence electrons. The molecule has 0 spiro atoms. The second-order valence-electron chi connectivity index (χ2n) is 6.59. The average molecular weight is 367 g/mol. The summed E-state index contributed by atoms with van der Waals surface area (Å²) in [6.07, 6.45) is 3.23. The molecule has 4 rings (SSSR count). The van der Waals surface area contributed by atoms with E-state index in [0.717, 1.165) is 12.8 Å². The maximum atomic E-state index is 13.3. The fourth-order valence-electron chi connectivity index (χ4n) is 3.27. The van der Waals surface area contributed by atoms with Gasteiger partial charge in [-0.15, -0.1) is 0 Å². The Morgan fingerprint density at radius 2 is 1.96 bits per heavy atom. The van der Waals surface area contributed by atoms with E-state index in [1.54, 1.807) is 24.3 Å². The van der Waals surface area contributed by atoms with Crippen LogP contribution in [-0.2, 0) is 0 Å². The third-order valence-electron chi connectivity index (χ3n) is 5.04. The standard InChI is InChI=1S/C20H18FN3O3/c1-3-20(4-2)11-15(25)14-9-13(5-6-16(14)26-20)19-23-18(24-27-19)12-7-8-22-17(21)10-12/h5-10H,3-4,11H2,1-2H3. The van der Waals surface area contributed by atoms with Gasteiger partial charge in [-0.05, 0) is 37.1 Å². The number of Topliss-reactive ketones (excluding diaryl/α,β-unsaturated/α-hetero) is 1. The molecule has 0 amide bonds. The Kier molecular flexibility index (Phi) is 4.22. The van der Waals surface area contributed by atoms with Gasteiger partial charge in [-0.25, -0.2) is 4.98 Å². The molecule has 0 saturated carbocycles. The number of carbonyl (C=O) groups is 1. The molecule has 0 saturated heterocycles. The summed E-state index contributed by atoms with van der Waals surface area (Å²) in [5, 5.41) is 3.89. The van der Waals surface area contributed by atoms with E-state index in [1.807, 2.05) is 13.8 Å².